The molecule has 1 saturated heterocycles. The van der Waals surface area contributed by atoms with Crippen LogP contribution in [-0.4, -0.2) is 40.5 Å². The lowest BCUT2D eigenvalue weighted by molar-refractivity contribution is -0.143. The second-order valence-electron chi connectivity index (χ2n) is 3.31. The number of likely N-dealkylation sites (tertiary alicyclic amines) is 1. The van der Waals surface area contributed by atoms with Crippen LogP contribution in [0.5, 0.6) is 0 Å². The van der Waals surface area contributed by atoms with Crippen LogP contribution in [0.1, 0.15) is 19.8 Å². The van der Waals surface area contributed by atoms with Crippen molar-refractivity contribution in [2.45, 2.75) is 31.8 Å². The Morgan fingerprint density at radius 1 is 1.62 bits per heavy atom. The van der Waals surface area contributed by atoms with Gasteiger partial charge >= 0.3 is 5.97 Å². The van der Waals surface area contributed by atoms with Crippen LogP contribution in [0.3, 0.4) is 0 Å². The van der Waals surface area contributed by atoms with Gasteiger partial charge in [-0.15, -0.1) is 0 Å². The normalized spacial score (nSPS) is 25.8. The van der Waals surface area contributed by atoms with Crippen molar-refractivity contribution in [2.24, 2.45) is 5.73 Å². The summed E-state index contributed by atoms with van der Waals surface area (Å²) >= 11 is 0. The standard InChI is InChI=1S/C8H14N2O3/c1-5(7(9)11)10-4-2-3-6(10)8(12)13/h5-6H,2-4H2,1H3,(H2,9,11)(H,12,13). The van der Waals surface area contributed by atoms with Crippen LogP contribution in [0.4, 0.5) is 0 Å². The molecule has 5 nitrogen and oxygen atoms in total. The number of carbonyl (C=O) groups excluding carboxylic acids is 1. The molecule has 0 aromatic heterocycles. The van der Waals surface area contributed by atoms with Crippen LogP contribution >= 0.6 is 0 Å². The first-order chi connectivity index (χ1) is 6.04. The summed E-state index contributed by atoms with van der Waals surface area (Å²) in [6.45, 7) is 2.28. The maximum atomic E-state index is 10.8. The zero-order chi connectivity index (χ0) is 10.0. The Labute approximate surface area is 76.5 Å². The van der Waals surface area contributed by atoms with Gasteiger partial charge < -0.3 is 10.8 Å². The number of aliphatic carboxylic acids is 1. The van der Waals surface area contributed by atoms with E-state index in [-0.39, 0.29) is 0 Å². The molecule has 1 fully saturated rings. The van der Waals surface area contributed by atoms with Crippen LogP contribution in [-0.2, 0) is 9.59 Å². The lowest BCUT2D eigenvalue weighted by Crippen LogP contribution is -2.47. The number of carboxylic acid groups (broad SMARTS) is 1. The third-order valence-corrected chi connectivity index (χ3v) is 2.49. The average Bonchev–Trinajstić information content (AvgIpc) is 2.50. The second-order valence-corrected chi connectivity index (χ2v) is 3.31. The number of nitrogens with two attached hydrogens (primary N) is 1. The summed E-state index contributed by atoms with van der Waals surface area (Å²) < 4.78 is 0. The van der Waals surface area contributed by atoms with E-state index >= 15 is 0 Å². The van der Waals surface area contributed by atoms with Crippen molar-refractivity contribution in [1.82, 2.24) is 4.90 Å². The summed E-state index contributed by atoms with van der Waals surface area (Å²) in [5.74, 6) is -1.33. The topological polar surface area (TPSA) is 83.6 Å². The van der Waals surface area contributed by atoms with E-state index in [1.165, 1.54) is 0 Å². The Bertz CT molecular complexity index is 229. The average molecular weight is 186 g/mol. The third kappa shape index (κ3) is 1.98. The lowest BCUT2D eigenvalue weighted by atomic mass is 10.2. The maximum Gasteiger partial charge on any atom is 0.320 e. The molecule has 1 amide bonds. The number of hydrogen-bond donors (Lipinski definition) is 2. The van der Waals surface area contributed by atoms with Gasteiger partial charge in [-0.25, -0.2) is 0 Å². The first-order valence-electron chi connectivity index (χ1n) is 4.32. The molecule has 1 heterocycles. The van der Waals surface area contributed by atoms with E-state index in [1.807, 2.05) is 0 Å². The van der Waals surface area contributed by atoms with E-state index in [4.69, 9.17) is 10.8 Å². The predicted molar refractivity (Wildman–Crippen MR) is 46.0 cm³/mol. The molecule has 0 saturated carbocycles. The predicted octanol–water partition coefficient (Wildman–Crippen LogP) is -0.591. The van der Waals surface area contributed by atoms with Crippen molar-refractivity contribution in [3.05, 3.63) is 0 Å². The minimum atomic E-state index is -0.870. The van der Waals surface area contributed by atoms with Crippen LogP contribution in [0.15, 0.2) is 0 Å². The van der Waals surface area contributed by atoms with Crippen molar-refractivity contribution in [2.75, 3.05) is 6.54 Å². The molecular formula is C8H14N2O3. The molecule has 0 spiro atoms. The van der Waals surface area contributed by atoms with Gasteiger partial charge in [0.25, 0.3) is 0 Å². The van der Waals surface area contributed by atoms with Gasteiger partial charge in [-0.2, -0.15) is 0 Å². The number of carboxylic acids is 1. The molecule has 1 rings (SSSR count). The summed E-state index contributed by atoms with van der Waals surface area (Å²) in [5.41, 5.74) is 5.10. The quantitative estimate of drug-likeness (QED) is 0.617. The number of amides is 1. The third-order valence-electron chi connectivity index (χ3n) is 2.49. The molecule has 13 heavy (non-hydrogen) atoms. The van der Waals surface area contributed by atoms with Crippen LogP contribution in [0, 0.1) is 0 Å². The van der Waals surface area contributed by atoms with Gasteiger partial charge in [0.2, 0.25) is 5.91 Å². The molecule has 0 aromatic carbocycles. The maximum absolute atomic E-state index is 10.8. The van der Waals surface area contributed by atoms with E-state index in [1.54, 1.807) is 11.8 Å². The van der Waals surface area contributed by atoms with Crippen molar-refractivity contribution >= 4 is 11.9 Å². The smallest absolute Gasteiger partial charge is 0.320 e. The molecule has 74 valence electrons. The van der Waals surface area contributed by atoms with Gasteiger partial charge in [-0.1, -0.05) is 0 Å². The highest BCUT2D eigenvalue weighted by Crippen LogP contribution is 2.19. The number of primary amides is 1. The van der Waals surface area contributed by atoms with E-state index in [2.05, 4.69) is 0 Å². The number of carbonyl (C=O) groups is 2. The highest BCUT2D eigenvalue weighted by atomic mass is 16.4. The van der Waals surface area contributed by atoms with Crippen molar-refractivity contribution in [3.8, 4) is 0 Å². The molecule has 0 aliphatic carbocycles. The highest BCUT2D eigenvalue weighted by Gasteiger charge is 2.35. The molecular weight excluding hydrogens is 172 g/mol. The zero-order valence-corrected chi connectivity index (χ0v) is 7.56. The fraction of sp³-hybridized carbons (Fsp3) is 0.750. The van der Waals surface area contributed by atoms with E-state index in [0.717, 1.165) is 6.42 Å². The summed E-state index contributed by atoms with van der Waals surface area (Å²) in [5, 5.41) is 8.82. The van der Waals surface area contributed by atoms with Crippen LogP contribution in [0.25, 0.3) is 0 Å². The molecule has 0 radical (unpaired) electrons. The Kier molecular flexibility index (Phi) is 2.87. The Morgan fingerprint density at radius 3 is 2.69 bits per heavy atom. The minimum absolute atomic E-state index is 0.465. The molecule has 0 aromatic rings. The monoisotopic (exact) mass is 186 g/mol. The van der Waals surface area contributed by atoms with E-state index in [9.17, 15) is 9.59 Å². The van der Waals surface area contributed by atoms with Gasteiger partial charge in [0.1, 0.15) is 6.04 Å². The molecule has 0 bridgehead atoms. The molecule has 2 unspecified atom stereocenters. The largest absolute Gasteiger partial charge is 0.480 e. The highest BCUT2D eigenvalue weighted by molar-refractivity contribution is 5.81. The lowest BCUT2D eigenvalue weighted by Gasteiger charge is -2.25. The number of hydrogen-bond acceptors (Lipinski definition) is 3. The Hall–Kier alpha value is -1.10. The summed E-state index contributed by atoms with van der Waals surface area (Å²) in [7, 11) is 0. The van der Waals surface area contributed by atoms with Crippen molar-refractivity contribution < 1.29 is 14.7 Å². The van der Waals surface area contributed by atoms with Crippen LogP contribution in [0.2, 0.25) is 0 Å². The summed E-state index contributed by atoms with van der Waals surface area (Å²) in [4.78, 5) is 23.2. The van der Waals surface area contributed by atoms with Crippen molar-refractivity contribution in [3.63, 3.8) is 0 Å². The minimum Gasteiger partial charge on any atom is -0.480 e. The van der Waals surface area contributed by atoms with E-state index in [0.29, 0.717) is 13.0 Å². The molecule has 1 aliphatic heterocycles. The second kappa shape index (κ2) is 3.74. The van der Waals surface area contributed by atoms with Crippen LogP contribution < -0.4 is 5.73 Å². The Morgan fingerprint density at radius 2 is 2.23 bits per heavy atom. The first-order valence-corrected chi connectivity index (χ1v) is 4.32. The SMILES string of the molecule is CC(C(N)=O)N1CCCC1C(=O)O. The number of rotatable bonds is 3. The van der Waals surface area contributed by atoms with E-state index < -0.39 is 24.0 Å². The Balaban J connectivity index is 2.68. The molecule has 5 heteroatoms. The van der Waals surface area contributed by atoms with Gasteiger partial charge in [0, 0.05) is 0 Å². The first kappa shape index (κ1) is 9.98. The fourth-order valence-electron chi connectivity index (χ4n) is 1.68. The van der Waals surface area contributed by atoms with Crippen molar-refractivity contribution in [1.29, 1.82) is 0 Å². The summed E-state index contributed by atoms with van der Waals surface area (Å²) in [6, 6.07) is -1.02. The fourth-order valence-corrected chi connectivity index (χ4v) is 1.68. The zero-order valence-electron chi connectivity index (χ0n) is 7.56. The van der Waals surface area contributed by atoms with Gasteiger partial charge in [-0.3, -0.25) is 14.5 Å². The molecule has 1 aliphatic rings. The van der Waals surface area contributed by atoms with Gasteiger partial charge in [-0.05, 0) is 26.3 Å². The summed E-state index contributed by atoms with van der Waals surface area (Å²) in [6.07, 6.45) is 1.42. The van der Waals surface area contributed by atoms with Gasteiger partial charge in [0.15, 0.2) is 0 Å². The van der Waals surface area contributed by atoms with Gasteiger partial charge in [0.05, 0.1) is 6.04 Å². The number of nitrogens with zero attached hydrogens (tertiary/aromatic N) is 1. The molecule has 2 atom stereocenters. The molecule has 3 N–H and O–H groups in total.